The van der Waals surface area contributed by atoms with Gasteiger partial charge >= 0.3 is 0 Å². The first-order valence-electron chi connectivity index (χ1n) is 6.39. The maximum absolute atomic E-state index is 11.9. The molecule has 0 saturated heterocycles. The monoisotopic (exact) mass is 289 g/mol. The van der Waals surface area contributed by atoms with Crippen molar-refractivity contribution in [3.8, 4) is 5.75 Å². The minimum Gasteiger partial charge on any atom is -0.481 e. The van der Waals surface area contributed by atoms with E-state index in [-0.39, 0.29) is 5.91 Å². The average Bonchev–Trinajstić information content (AvgIpc) is 2.46. The zero-order valence-electron chi connectivity index (χ0n) is 11.2. The fraction of sp³-hybridized carbons (Fsp3) is 0.188. The van der Waals surface area contributed by atoms with Crippen LogP contribution < -0.4 is 10.1 Å². The zero-order valence-corrected chi connectivity index (χ0v) is 11.9. The van der Waals surface area contributed by atoms with Crippen LogP contribution in [0.4, 0.5) is 0 Å². The first-order chi connectivity index (χ1) is 9.65. The van der Waals surface area contributed by atoms with Crippen molar-refractivity contribution in [1.29, 1.82) is 0 Å². The minimum absolute atomic E-state index is 0.158. The summed E-state index contributed by atoms with van der Waals surface area (Å²) in [5.74, 6) is 0.425. The summed E-state index contributed by atoms with van der Waals surface area (Å²) in [6.45, 7) is 2.20. The molecule has 2 aromatic carbocycles. The van der Waals surface area contributed by atoms with Gasteiger partial charge in [-0.15, -0.1) is 0 Å². The van der Waals surface area contributed by atoms with Gasteiger partial charge in [0.05, 0.1) is 0 Å². The molecule has 2 aromatic rings. The molecule has 0 fully saturated rings. The maximum atomic E-state index is 11.9. The van der Waals surface area contributed by atoms with E-state index in [2.05, 4.69) is 5.32 Å². The van der Waals surface area contributed by atoms with Crippen LogP contribution in [0.3, 0.4) is 0 Å². The number of ether oxygens (including phenoxy) is 1. The number of hydrogen-bond donors (Lipinski definition) is 1. The zero-order chi connectivity index (χ0) is 14.4. The standard InChI is InChI=1S/C16H16ClNO2/c1-12(20-15-9-5-8-14(17)10-15)16(19)18-11-13-6-3-2-4-7-13/h2-10,12H,11H2,1H3,(H,18,19)/t12-/m1/s1. The Balaban J connectivity index is 1.86. The van der Waals surface area contributed by atoms with Gasteiger partial charge in [-0.2, -0.15) is 0 Å². The second kappa shape index (κ2) is 6.96. The number of hydrogen-bond acceptors (Lipinski definition) is 2. The molecule has 1 atom stereocenters. The lowest BCUT2D eigenvalue weighted by molar-refractivity contribution is -0.127. The smallest absolute Gasteiger partial charge is 0.261 e. The first kappa shape index (κ1) is 14.4. The molecule has 0 aliphatic rings. The highest BCUT2D eigenvalue weighted by molar-refractivity contribution is 6.30. The number of nitrogens with one attached hydrogen (secondary N) is 1. The maximum Gasteiger partial charge on any atom is 0.261 e. The van der Waals surface area contributed by atoms with Gasteiger partial charge in [0, 0.05) is 11.6 Å². The molecule has 1 amide bonds. The Morgan fingerprint density at radius 2 is 1.95 bits per heavy atom. The molecule has 0 heterocycles. The van der Waals surface area contributed by atoms with E-state index < -0.39 is 6.10 Å². The Morgan fingerprint density at radius 1 is 1.20 bits per heavy atom. The van der Waals surface area contributed by atoms with Crippen LogP contribution in [-0.2, 0) is 11.3 Å². The molecule has 104 valence electrons. The molecule has 0 aliphatic carbocycles. The molecule has 0 aromatic heterocycles. The number of halogens is 1. The highest BCUT2D eigenvalue weighted by Gasteiger charge is 2.14. The largest absolute Gasteiger partial charge is 0.481 e. The SMILES string of the molecule is C[C@@H](Oc1cccc(Cl)c1)C(=O)NCc1ccccc1. The predicted molar refractivity (Wildman–Crippen MR) is 79.8 cm³/mol. The van der Waals surface area contributed by atoms with Crippen molar-refractivity contribution in [3.05, 3.63) is 65.2 Å². The van der Waals surface area contributed by atoms with Crippen molar-refractivity contribution < 1.29 is 9.53 Å². The van der Waals surface area contributed by atoms with Crippen molar-refractivity contribution in [2.24, 2.45) is 0 Å². The minimum atomic E-state index is -0.572. The van der Waals surface area contributed by atoms with Gasteiger partial charge in [-0.25, -0.2) is 0 Å². The molecule has 1 N–H and O–H groups in total. The van der Waals surface area contributed by atoms with Crippen LogP contribution >= 0.6 is 11.6 Å². The quantitative estimate of drug-likeness (QED) is 0.916. The van der Waals surface area contributed by atoms with E-state index in [1.165, 1.54) is 0 Å². The molecule has 0 unspecified atom stereocenters. The molecule has 3 nitrogen and oxygen atoms in total. The topological polar surface area (TPSA) is 38.3 Å². The second-order valence-corrected chi connectivity index (χ2v) is 4.86. The lowest BCUT2D eigenvalue weighted by atomic mass is 10.2. The molecule has 0 spiro atoms. The van der Waals surface area contributed by atoms with Crippen molar-refractivity contribution in [3.63, 3.8) is 0 Å². The van der Waals surface area contributed by atoms with Crippen molar-refractivity contribution in [1.82, 2.24) is 5.32 Å². The van der Waals surface area contributed by atoms with E-state index in [1.54, 1.807) is 31.2 Å². The molecular weight excluding hydrogens is 274 g/mol. The number of carbonyl (C=O) groups is 1. The van der Waals surface area contributed by atoms with Crippen molar-refractivity contribution in [2.75, 3.05) is 0 Å². The van der Waals surface area contributed by atoms with E-state index in [1.807, 2.05) is 30.3 Å². The summed E-state index contributed by atoms with van der Waals surface area (Å²) in [7, 11) is 0. The molecule has 2 rings (SSSR count). The fourth-order valence-electron chi connectivity index (χ4n) is 1.73. The van der Waals surface area contributed by atoms with E-state index >= 15 is 0 Å². The fourth-order valence-corrected chi connectivity index (χ4v) is 1.91. The number of amides is 1. The summed E-state index contributed by atoms with van der Waals surface area (Å²) in [5, 5.41) is 3.42. The number of benzene rings is 2. The summed E-state index contributed by atoms with van der Waals surface area (Å²) in [6.07, 6.45) is -0.572. The summed E-state index contributed by atoms with van der Waals surface area (Å²) < 4.78 is 5.55. The van der Waals surface area contributed by atoms with Crippen LogP contribution in [0.2, 0.25) is 5.02 Å². The first-order valence-corrected chi connectivity index (χ1v) is 6.77. The highest BCUT2D eigenvalue weighted by Crippen LogP contribution is 2.18. The Labute approximate surface area is 123 Å². The molecule has 0 radical (unpaired) electrons. The van der Waals surface area contributed by atoms with Gasteiger partial charge < -0.3 is 10.1 Å². The van der Waals surface area contributed by atoms with Crippen LogP contribution in [0.1, 0.15) is 12.5 Å². The van der Waals surface area contributed by atoms with Gasteiger partial charge in [0.25, 0.3) is 5.91 Å². The third-order valence-electron chi connectivity index (χ3n) is 2.79. The molecule has 4 heteroatoms. The molecule has 0 saturated carbocycles. The van der Waals surface area contributed by atoms with Crippen LogP contribution in [0.25, 0.3) is 0 Å². The Kier molecular flexibility index (Phi) is 5.02. The molecule has 0 bridgehead atoms. The summed E-state index contributed by atoms with van der Waals surface area (Å²) >= 11 is 5.87. The average molecular weight is 290 g/mol. The van der Waals surface area contributed by atoms with Crippen molar-refractivity contribution >= 4 is 17.5 Å². The van der Waals surface area contributed by atoms with Gasteiger partial charge in [0.1, 0.15) is 5.75 Å². The predicted octanol–water partition coefficient (Wildman–Crippen LogP) is 3.42. The summed E-state index contributed by atoms with van der Waals surface area (Å²) in [5.41, 5.74) is 1.05. The second-order valence-electron chi connectivity index (χ2n) is 4.42. The van der Waals surface area contributed by atoms with Gasteiger partial charge in [0.2, 0.25) is 0 Å². The van der Waals surface area contributed by atoms with Crippen LogP contribution in [0, 0.1) is 0 Å². The summed E-state index contributed by atoms with van der Waals surface area (Å²) in [4.78, 5) is 11.9. The molecular formula is C16H16ClNO2. The van der Waals surface area contributed by atoms with E-state index in [9.17, 15) is 4.79 Å². The molecule has 20 heavy (non-hydrogen) atoms. The van der Waals surface area contributed by atoms with Gasteiger partial charge in [-0.05, 0) is 30.7 Å². The summed E-state index contributed by atoms with van der Waals surface area (Å²) in [6, 6.07) is 16.7. The Morgan fingerprint density at radius 3 is 2.65 bits per heavy atom. The van der Waals surface area contributed by atoms with Gasteiger partial charge in [-0.1, -0.05) is 48.0 Å². The van der Waals surface area contributed by atoms with E-state index in [4.69, 9.17) is 16.3 Å². The van der Waals surface area contributed by atoms with Crippen LogP contribution in [0.5, 0.6) is 5.75 Å². The van der Waals surface area contributed by atoms with Crippen LogP contribution in [-0.4, -0.2) is 12.0 Å². The van der Waals surface area contributed by atoms with Gasteiger partial charge in [-0.3, -0.25) is 4.79 Å². The lowest BCUT2D eigenvalue weighted by Crippen LogP contribution is -2.35. The third kappa shape index (κ3) is 4.28. The highest BCUT2D eigenvalue weighted by atomic mass is 35.5. The van der Waals surface area contributed by atoms with Crippen LogP contribution in [0.15, 0.2) is 54.6 Å². The van der Waals surface area contributed by atoms with Crippen molar-refractivity contribution in [2.45, 2.75) is 19.6 Å². The normalized spacial score (nSPS) is 11.7. The van der Waals surface area contributed by atoms with E-state index in [0.29, 0.717) is 17.3 Å². The number of rotatable bonds is 5. The number of carbonyl (C=O) groups excluding carboxylic acids is 1. The Hall–Kier alpha value is -2.00. The Bertz CT molecular complexity index is 572. The lowest BCUT2D eigenvalue weighted by Gasteiger charge is -2.14. The molecule has 0 aliphatic heterocycles. The third-order valence-corrected chi connectivity index (χ3v) is 3.02. The van der Waals surface area contributed by atoms with E-state index in [0.717, 1.165) is 5.56 Å². The van der Waals surface area contributed by atoms with Gasteiger partial charge in [0.15, 0.2) is 6.10 Å².